The third-order valence-corrected chi connectivity index (χ3v) is 3.94. The monoisotopic (exact) mass is 232 g/mol. The van der Waals surface area contributed by atoms with Crippen molar-refractivity contribution in [1.82, 2.24) is 9.88 Å². The van der Waals surface area contributed by atoms with Crippen LogP contribution in [0.2, 0.25) is 0 Å². The lowest BCUT2D eigenvalue weighted by molar-refractivity contribution is 0.0954. The van der Waals surface area contributed by atoms with Crippen molar-refractivity contribution >= 4 is 28.6 Å². The van der Waals surface area contributed by atoms with E-state index in [0.717, 1.165) is 23.4 Å². The van der Waals surface area contributed by atoms with E-state index in [1.54, 1.807) is 7.05 Å². The maximum Gasteiger partial charge on any atom is 0.267 e. The van der Waals surface area contributed by atoms with E-state index in [2.05, 4.69) is 22.0 Å². The molecule has 0 saturated carbocycles. The predicted octanol–water partition coefficient (Wildman–Crippen LogP) is 2.11. The maximum absolute atomic E-state index is 11.8. The fourth-order valence-corrected chi connectivity index (χ4v) is 3.24. The molecule has 0 radical (unpaired) electrons. The van der Waals surface area contributed by atoms with Gasteiger partial charge in [-0.05, 0) is 12.1 Å². The first kappa shape index (κ1) is 9.78. The lowest BCUT2D eigenvalue weighted by Crippen LogP contribution is -2.22. The van der Waals surface area contributed by atoms with Crippen LogP contribution in [-0.4, -0.2) is 23.3 Å². The molecule has 3 rings (SSSR count). The summed E-state index contributed by atoms with van der Waals surface area (Å²) in [5.74, 6) is 1.03. The third kappa shape index (κ3) is 1.26. The van der Waals surface area contributed by atoms with E-state index in [1.165, 1.54) is 10.4 Å². The number of hydrogen-bond donors (Lipinski definition) is 1. The molecule has 4 heteroatoms. The minimum atomic E-state index is -0.00551. The molecule has 0 atom stereocenters. The summed E-state index contributed by atoms with van der Waals surface area (Å²) in [6.07, 6.45) is 0. The van der Waals surface area contributed by atoms with Crippen LogP contribution < -0.4 is 5.32 Å². The average molecular weight is 232 g/mol. The van der Waals surface area contributed by atoms with Gasteiger partial charge < -0.3 is 9.88 Å². The Morgan fingerprint density at radius 3 is 3.19 bits per heavy atom. The maximum atomic E-state index is 11.8. The molecule has 2 heterocycles. The molecule has 0 fully saturated rings. The van der Waals surface area contributed by atoms with Crippen molar-refractivity contribution in [2.24, 2.45) is 0 Å². The quantitative estimate of drug-likeness (QED) is 0.817. The van der Waals surface area contributed by atoms with Gasteiger partial charge in [-0.15, -0.1) is 11.8 Å². The fourth-order valence-electron chi connectivity index (χ4n) is 2.20. The largest absolute Gasteiger partial charge is 0.354 e. The number of hydrogen-bond acceptors (Lipinski definition) is 2. The Labute approximate surface area is 97.8 Å². The first-order valence-corrected chi connectivity index (χ1v) is 6.27. The molecule has 1 N–H and O–H groups in total. The predicted molar refractivity (Wildman–Crippen MR) is 66.1 cm³/mol. The first-order valence-electron chi connectivity index (χ1n) is 5.28. The number of benzene rings is 1. The lowest BCUT2D eigenvalue weighted by Gasteiger charge is -2.16. The lowest BCUT2D eigenvalue weighted by atomic mass is 10.2. The first-order chi connectivity index (χ1) is 7.81. The van der Waals surface area contributed by atoms with Crippen LogP contribution in [0.4, 0.5) is 0 Å². The fraction of sp³-hybridized carbons (Fsp3) is 0.250. The van der Waals surface area contributed by atoms with Gasteiger partial charge in [0.05, 0.1) is 5.52 Å². The van der Waals surface area contributed by atoms with E-state index < -0.39 is 0 Å². The van der Waals surface area contributed by atoms with Gasteiger partial charge >= 0.3 is 0 Å². The second-order valence-corrected chi connectivity index (χ2v) is 4.94. The van der Waals surface area contributed by atoms with Gasteiger partial charge in [0.2, 0.25) is 0 Å². The second-order valence-electron chi connectivity index (χ2n) is 3.80. The van der Waals surface area contributed by atoms with Crippen molar-refractivity contribution in [2.45, 2.75) is 11.4 Å². The number of aromatic nitrogens is 1. The standard InChI is InChI=1S/C12H12N2OS/c1-13-12(15)9-7-8-3-2-4-10-11(8)14(9)5-6-16-10/h2-4,7H,5-6H2,1H3,(H,13,15). The van der Waals surface area contributed by atoms with Crippen LogP contribution in [0.1, 0.15) is 10.5 Å². The number of nitrogens with zero attached hydrogens (tertiary/aromatic N) is 1. The summed E-state index contributed by atoms with van der Waals surface area (Å²) in [6.45, 7) is 0.911. The minimum absolute atomic E-state index is 0.00551. The molecule has 0 unspecified atom stereocenters. The van der Waals surface area contributed by atoms with Crippen molar-refractivity contribution in [3.05, 3.63) is 30.0 Å². The van der Waals surface area contributed by atoms with E-state index >= 15 is 0 Å². The SMILES string of the molecule is CNC(=O)c1cc2cccc3c2n1CCS3. The molecule has 1 amide bonds. The van der Waals surface area contributed by atoms with Crippen molar-refractivity contribution in [3.8, 4) is 0 Å². The van der Waals surface area contributed by atoms with Crippen molar-refractivity contribution in [2.75, 3.05) is 12.8 Å². The molecule has 1 aromatic carbocycles. The second kappa shape index (κ2) is 3.56. The van der Waals surface area contributed by atoms with E-state index in [-0.39, 0.29) is 5.91 Å². The van der Waals surface area contributed by atoms with Crippen LogP contribution in [0.5, 0.6) is 0 Å². The molecule has 0 bridgehead atoms. The van der Waals surface area contributed by atoms with Crippen LogP contribution in [0.25, 0.3) is 10.9 Å². The number of nitrogens with one attached hydrogen (secondary N) is 1. The zero-order valence-electron chi connectivity index (χ0n) is 8.99. The Kier molecular flexibility index (Phi) is 2.17. The van der Waals surface area contributed by atoms with E-state index in [0.29, 0.717) is 0 Å². The Balaban J connectivity index is 2.33. The van der Waals surface area contributed by atoms with Gasteiger partial charge in [0.15, 0.2) is 0 Å². The van der Waals surface area contributed by atoms with E-state index in [9.17, 15) is 4.79 Å². The highest BCUT2D eigenvalue weighted by Crippen LogP contribution is 2.34. The smallest absolute Gasteiger partial charge is 0.267 e. The van der Waals surface area contributed by atoms with Crippen LogP contribution >= 0.6 is 11.8 Å². The van der Waals surface area contributed by atoms with E-state index in [1.807, 2.05) is 23.9 Å². The zero-order chi connectivity index (χ0) is 11.1. The molecule has 3 nitrogen and oxygen atoms in total. The summed E-state index contributed by atoms with van der Waals surface area (Å²) in [7, 11) is 1.67. The zero-order valence-corrected chi connectivity index (χ0v) is 9.80. The Morgan fingerprint density at radius 2 is 2.38 bits per heavy atom. The van der Waals surface area contributed by atoms with Gasteiger partial charge in [0.1, 0.15) is 5.69 Å². The molecular weight excluding hydrogens is 220 g/mol. The Morgan fingerprint density at radius 1 is 1.50 bits per heavy atom. The molecule has 0 aliphatic carbocycles. The van der Waals surface area contributed by atoms with Gasteiger partial charge in [0.25, 0.3) is 5.91 Å². The van der Waals surface area contributed by atoms with Crippen LogP contribution in [0.15, 0.2) is 29.2 Å². The molecular formula is C12H12N2OS. The van der Waals surface area contributed by atoms with Crippen LogP contribution in [0.3, 0.4) is 0 Å². The summed E-state index contributed by atoms with van der Waals surface area (Å²) in [6, 6.07) is 8.21. The summed E-state index contributed by atoms with van der Waals surface area (Å²) >= 11 is 1.86. The van der Waals surface area contributed by atoms with Crippen LogP contribution in [0, 0.1) is 0 Å². The molecule has 0 spiro atoms. The summed E-state index contributed by atoms with van der Waals surface area (Å²) in [4.78, 5) is 13.0. The number of aryl methyl sites for hydroxylation is 1. The molecule has 1 aliphatic heterocycles. The normalized spacial score (nSPS) is 14.1. The highest BCUT2D eigenvalue weighted by Gasteiger charge is 2.19. The molecule has 82 valence electrons. The van der Waals surface area contributed by atoms with E-state index in [4.69, 9.17) is 0 Å². The summed E-state index contributed by atoms with van der Waals surface area (Å²) in [5, 5.41) is 3.85. The van der Waals surface area contributed by atoms with Crippen molar-refractivity contribution in [3.63, 3.8) is 0 Å². The molecule has 2 aromatic rings. The highest BCUT2D eigenvalue weighted by molar-refractivity contribution is 7.99. The van der Waals surface area contributed by atoms with Gasteiger partial charge in [-0.3, -0.25) is 4.79 Å². The Hall–Kier alpha value is -1.42. The Bertz CT molecular complexity index is 574. The van der Waals surface area contributed by atoms with Crippen LogP contribution in [-0.2, 0) is 6.54 Å². The number of carbonyl (C=O) groups excluding carboxylic acids is 1. The number of amides is 1. The summed E-state index contributed by atoms with van der Waals surface area (Å²) in [5.41, 5.74) is 1.97. The summed E-state index contributed by atoms with van der Waals surface area (Å²) < 4.78 is 2.12. The van der Waals surface area contributed by atoms with Gasteiger partial charge in [-0.25, -0.2) is 0 Å². The number of thioether (sulfide) groups is 1. The average Bonchev–Trinajstić information content (AvgIpc) is 2.70. The third-order valence-electron chi connectivity index (χ3n) is 2.92. The number of rotatable bonds is 1. The molecule has 1 aliphatic rings. The number of para-hydroxylation sites is 1. The number of carbonyl (C=O) groups is 1. The topological polar surface area (TPSA) is 34.0 Å². The minimum Gasteiger partial charge on any atom is -0.354 e. The molecule has 1 aromatic heterocycles. The van der Waals surface area contributed by atoms with Crippen molar-refractivity contribution < 1.29 is 4.79 Å². The van der Waals surface area contributed by atoms with Gasteiger partial charge in [-0.1, -0.05) is 12.1 Å². The van der Waals surface area contributed by atoms with Gasteiger partial charge in [-0.2, -0.15) is 0 Å². The molecule has 16 heavy (non-hydrogen) atoms. The molecule has 0 saturated heterocycles. The van der Waals surface area contributed by atoms with Crippen molar-refractivity contribution in [1.29, 1.82) is 0 Å². The highest BCUT2D eigenvalue weighted by atomic mass is 32.2. The van der Waals surface area contributed by atoms with Gasteiger partial charge in [0, 0.05) is 29.6 Å².